The number of benzene rings is 1. The van der Waals surface area contributed by atoms with Crippen molar-refractivity contribution in [2.24, 2.45) is 0 Å². The number of aryl methyl sites for hydroxylation is 1. The van der Waals surface area contributed by atoms with E-state index in [1.807, 2.05) is 31.2 Å². The number of hydrogen-bond donors (Lipinski definition) is 2. The van der Waals surface area contributed by atoms with E-state index in [0.717, 1.165) is 18.6 Å². The quantitative estimate of drug-likeness (QED) is 0.759. The minimum Gasteiger partial charge on any atom is -0.491 e. The molecule has 1 atom stereocenters. The highest BCUT2D eigenvalue weighted by atomic mass is 16.5. The van der Waals surface area contributed by atoms with Gasteiger partial charge in [-0.3, -0.25) is 0 Å². The molecule has 0 radical (unpaired) electrons. The van der Waals surface area contributed by atoms with Crippen LogP contribution < -0.4 is 10.1 Å². The molecule has 0 aliphatic rings. The van der Waals surface area contributed by atoms with Gasteiger partial charge in [-0.1, -0.05) is 31.0 Å². The van der Waals surface area contributed by atoms with Crippen LogP contribution in [0.15, 0.2) is 24.3 Å². The highest BCUT2D eigenvalue weighted by Crippen LogP contribution is 2.12. The molecule has 0 aliphatic heterocycles. The van der Waals surface area contributed by atoms with Crippen LogP contribution >= 0.6 is 0 Å². The van der Waals surface area contributed by atoms with E-state index in [0.29, 0.717) is 13.2 Å². The summed E-state index contributed by atoms with van der Waals surface area (Å²) in [5, 5.41) is 13.3. The van der Waals surface area contributed by atoms with Crippen LogP contribution in [0.5, 0.6) is 5.75 Å². The minimum absolute atomic E-state index is 0.0690. The van der Waals surface area contributed by atoms with Crippen LogP contribution in [0.2, 0.25) is 0 Å². The van der Waals surface area contributed by atoms with Gasteiger partial charge in [0.2, 0.25) is 0 Å². The maximum absolute atomic E-state index is 9.91. The molecule has 1 aromatic rings. The molecule has 0 aliphatic carbocycles. The zero-order valence-corrected chi connectivity index (χ0v) is 12.6. The van der Waals surface area contributed by atoms with E-state index in [4.69, 9.17) is 4.74 Å². The first kappa shape index (κ1) is 16.0. The molecule has 19 heavy (non-hydrogen) atoms. The third kappa shape index (κ3) is 6.60. The fraction of sp³-hybridized carbons (Fsp3) is 0.625. The summed E-state index contributed by atoms with van der Waals surface area (Å²) in [4.78, 5) is 0. The Morgan fingerprint density at radius 1 is 1.26 bits per heavy atom. The van der Waals surface area contributed by atoms with Gasteiger partial charge in [0.25, 0.3) is 0 Å². The van der Waals surface area contributed by atoms with Gasteiger partial charge in [-0.25, -0.2) is 0 Å². The van der Waals surface area contributed by atoms with Crippen LogP contribution in [-0.4, -0.2) is 29.9 Å². The van der Waals surface area contributed by atoms with Gasteiger partial charge in [0.1, 0.15) is 18.5 Å². The summed E-state index contributed by atoms with van der Waals surface area (Å²) in [6.45, 7) is 9.39. The van der Waals surface area contributed by atoms with E-state index in [1.54, 1.807) is 0 Å². The molecule has 0 fully saturated rings. The lowest BCUT2D eigenvalue weighted by molar-refractivity contribution is 0.0981. The first-order valence-electron chi connectivity index (χ1n) is 7.05. The van der Waals surface area contributed by atoms with Crippen molar-refractivity contribution in [2.45, 2.75) is 52.2 Å². The number of hydrogen-bond acceptors (Lipinski definition) is 3. The normalized spacial score (nSPS) is 13.3. The first-order chi connectivity index (χ1) is 8.93. The van der Waals surface area contributed by atoms with E-state index in [2.05, 4.69) is 26.1 Å². The Balaban J connectivity index is 2.28. The Labute approximate surface area is 117 Å². The van der Waals surface area contributed by atoms with Crippen molar-refractivity contribution in [3.63, 3.8) is 0 Å². The Bertz CT molecular complexity index is 360. The SMILES string of the molecule is CCCC(C)(C)NCC(O)COc1ccc(C)cc1. The highest BCUT2D eigenvalue weighted by Gasteiger charge is 2.17. The molecule has 3 nitrogen and oxygen atoms in total. The zero-order valence-electron chi connectivity index (χ0n) is 12.6. The summed E-state index contributed by atoms with van der Waals surface area (Å²) in [5.74, 6) is 0.803. The predicted octanol–water partition coefficient (Wildman–Crippen LogP) is 2.90. The summed E-state index contributed by atoms with van der Waals surface area (Å²) >= 11 is 0. The van der Waals surface area contributed by atoms with Gasteiger partial charge in [0.15, 0.2) is 0 Å². The summed E-state index contributed by atoms with van der Waals surface area (Å²) < 4.78 is 5.56. The average molecular weight is 265 g/mol. The monoisotopic (exact) mass is 265 g/mol. The average Bonchev–Trinajstić information content (AvgIpc) is 2.36. The van der Waals surface area contributed by atoms with Crippen LogP contribution in [0.4, 0.5) is 0 Å². The van der Waals surface area contributed by atoms with Crippen LogP contribution in [-0.2, 0) is 0 Å². The maximum atomic E-state index is 9.91. The van der Waals surface area contributed by atoms with Gasteiger partial charge in [-0.05, 0) is 39.3 Å². The Morgan fingerprint density at radius 2 is 1.89 bits per heavy atom. The Hall–Kier alpha value is -1.06. The molecule has 2 N–H and O–H groups in total. The Morgan fingerprint density at radius 3 is 2.47 bits per heavy atom. The number of ether oxygens (including phenoxy) is 1. The van der Waals surface area contributed by atoms with Crippen molar-refractivity contribution in [1.29, 1.82) is 0 Å². The molecular weight excluding hydrogens is 238 g/mol. The smallest absolute Gasteiger partial charge is 0.119 e. The molecule has 108 valence electrons. The summed E-state index contributed by atoms with van der Waals surface area (Å²) in [5.41, 5.74) is 1.27. The van der Waals surface area contributed by atoms with Crippen LogP contribution in [0.1, 0.15) is 39.2 Å². The molecule has 0 saturated carbocycles. The third-order valence-electron chi connectivity index (χ3n) is 3.15. The molecule has 0 bridgehead atoms. The predicted molar refractivity (Wildman–Crippen MR) is 79.7 cm³/mol. The number of β-amino-alcohol motifs (C(OH)–C–C–N with tert-alkyl or cyclic N) is 1. The van der Waals surface area contributed by atoms with Crippen molar-refractivity contribution < 1.29 is 9.84 Å². The fourth-order valence-corrected chi connectivity index (χ4v) is 1.99. The van der Waals surface area contributed by atoms with Gasteiger partial charge in [-0.15, -0.1) is 0 Å². The number of aliphatic hydroxyl groups excluding tert-OH is 1. The molecule has 0 heterocycles. The van der Waals surface area contributed by atoms with Gasteiger partial charge in [-0.2, -0.15) is 0 Å². The largest absolute Gasteiger partial charge is 0.491 e. The molecule has 1 rings (SSSR count). The van der Waals surface area contributed by atoms with E-state index < -0.39 is 6.10 Å². The second-order valence-corrected chi connectivity index (χ2v) is 5.79. The number of aliphatic hydroxyl groups is 1. The van der Waals surface area contributed by atoms with Gasteiger partial charge < -0.3 is 15.2 Å². The van der Waals surface area contributed by atoms with E-state index in [1.165, 1.54) is 5.56 Å². The lowest BCUT2D eigenvalue weighted by Crippen LogP contribution is -2.44. The van der Waals surface area contributed by atoms with Crippen LogP contribution in [0, 0.1) is 6.92 Å². The van der Waals surface area contributed by atoms with Gasteiger partial charge in [0, 0.05) is 12.1 Å². The van der Waals surface area contributed by atoms with E-state index in [-0.39, 0.29) is 5.54 Å². The molecular formula is C16H27NO2. The Kier molecular flexibility index (Phi) is 6.32. The van der Waals surface area contributed by atoms with Gasteiger partial charge >= 0.3 is 0 Å². The summed E-state index contributed by atoms with van der Waals surface area (Å²) in [6.07, 6.45) is 1.74. The van der Waals surface area contributed by atoms with Crippen molar-refractivity contribution in [2.75, 3.05) is 13.2 Å². The van der Waals surface area contributed by atoms with Crippen molar-refractivity contribution in [1.82, 2.24) is 5.32 Å². The lowest BCUT2D eigenvalue weighted by atomic mass is 9.99. The fourth-order valence-electron chi connectivity index (χ4n) is 1.99. The first-order valence-corrected chi connectivity index (χ1v) is 7.05. The molecule has 0 saturated heterocycles. The zero-order chi connectivity index (χ0) is 14.3. The molecule has 0 amide bonds. The number of nitrogens with one attached hydrogen (secondary N) is 1. The van der Waals surface area contributed by atoms with Crippen molar-refractivity contribution in [3.05, 3.63) is 29.8 Å². The number of rotatable bonds is 8. The van der Waals surface area contributed by atoms with E-state index in [9.17, 15) is 5.11 Å². The van der Waals surface area contributed by atoms with Gasteiger partial charge in [0.05, 0.1) is 0 Å². The third-order valence-corrected chi connectivity index (χ3v) is 3.15. The lowest BCUT2D eigenvalue weighted by Gasteiger charge is -2.27. The second kappa shape index (κ2) is 7.51. The summed E-state index contributed by atoms with van der Waals surface area (Å²) in [7, 11) is 0. The second-order valence-electron chi connectivity index (χ2n) is 5.79. The molecule has 3 heteroatoms. The highest BCUT2D eigenvalue weighted by molar-refractivity contribution is 5.26. The maximum Gasteiger partial charge on any atom is 0.119 e. The standard InChI is InChI=1S/C16H27NO2/c1-5-10-16(3,4)17-11-14(18)12-19-15-8-6-13(2)7-9-15/h6-9,14,17-18H,5,10-12H2,1-4H3. The van der Waals surface area contributed by atoms with Crippen molar-refractivity contribution in [3.8, 4) is 5.75 Å². The van der Waals surface area contributed by atoms with Crippen LogP contribution in [0.3, 0.4) is 0 Å². The summed E-state index contributed by atoms with van der Waals surface area (Å²) in [6, 6.07) is 7.86. The van der Waals surface area contributed by atoms with E-state index >= 15 is 0 Å². The minimum atomic E-state index is -0.488. The molecule has 1 unspecified atom stereocenters. The van der Waals surface area contributed by atoms with Crippen molar-refractivity contribution >= 4 is 0 Å². The topological polar surface area (TPSA) is 41.5 Å². The van der Waals surface area contributed by atoms with Crippen LogP contribution in [0.25, 0.3) is 0 Å². The molecule has 0 spiro atoms. The molecule has 0 aromatic heterocycles. The molecule has 1 aromatic carbocycles.